The van der Waals surface area contributed by atoms with Crippen LogP contribution in [-0.4, -0.2) is 106 Å². The highest BCUT2D eigenvalue weighted by atomic mass is 28.4. The summed E-state index contributed by atoms with van der Waals surface area (Å²) in [6, 6.07) is -0.0179. The number of rotatable bonds is 6. The van der Waals surface area contributed by atoms with Gasteiger partial charge in [-0.3, -0.25) is 14.6 Å². The number of likely N-dealkylation sites (tertiary alicyclic amines) is 1. The maximum Gasteiger partial charge on any atom is 0.410 e. The second-order valence-electron chi connectivity index (χ2n) is 11.2. The van der Waals surface area contributed by atoms with Gasteiger partial charge in [-0.05, 0) is 38.9 Å². The highest BCUT2D eigenvalue weighted by molar-refractivity contribution is 6.74. The van der Waals surface area contributed by atoms with Gasteiger partial charge >= 0.3 is 12.1 Å². The minimum atomic E-state index is -1.95. The van der Waals surface area contributed by atoms with E-state index in [1.807, 2.05) is 20.8 Å². The van der Waals surface area contributed by atoms with Crippen LogP contribution in [0, 0.1) is 0 Å². The number of ether oxygens (including phenoxy) is 2. The van der Waals surface area contributed by atoms with Gasteiger partial charge in [-0.1, -0.05) is 20.8 Å². The molecule has 0 aromatic rings. The van der Waals surface area contributed by atoms with Crippen LogP contribution in [0.1, 0.15) is 41.5 Å². The third kappa shape index (κ3) is 6.91. The van der Waals surface area contributed by atoms with Crippen LogP contribution in [-0.2, 0) is 18.7 Å². The van der Waals surface area contributed by atoms with Crippen LogP contribution in [0.2, 0.25) is 18.1 Å². The van der Waals surface area contributed by atoms with Gasteiger partial charge in [0.05, 0.1) is 13.7 Å². The topological polar surface area (TPSA) is 71.6 Å². The molecule has 1 atom stereocenters. The molecule has 0 N–H and O–H groups in total. The van der Waals surface area contributed by atoms with Gasteiger partial charge in [-0.25, -0.2) is 4.79 Å². The molecule has 0 spiro atoms. The summed E-state index contributed by atoms with van der Waals surface area (Å²) in [5, 5.41) is 0.0939. The number of piperazine rings is 1. The van der Waals surface area contributed by atoms with E-state index in [9.17, 15) is 9.59 Å². The van der Waals surface area contributed by atoms with Crippen molar-refractivity contribution in [2.45, 2.75) is 77.4 Å². The van der Waals surface area contributed by atoms with Crippen molar-refractivity contribution in [3.05, 3.63) is 0 Å². The van der Waals surface area contributed by atoms with Crippen LogP contribution in [0.4, 0.5) is 4.79 Å². The van der Waals surface area contributed by atoms with E-state index in [0.717, 1.165) is 26.2 Å². The van der Waals surface area contributed by atoms with Gasteiger partial charge in [0.1, 0.15) is 11.6 Å². The number of hydrogen-bond donors (Lipinski definition) is 0. The first-order chi connectivity index (χ1) is 14.1. The Morgan fingerprint density at radius 2 is 1.55 bits per heavy atom. The molecule has 1 amide bonds. The Morgan fingerprint density at radius 3 is 2.00 bits per heavy atom. The van der Waals surface area contributed by atoms with E-state index in [2.05, 4.69) is 43.7 Å². The van der Waals surface area contributed by atoms with Gasteiger partial charge in [-0.15, -0.1) is 0 Å². The zero-order chi connectivity index (χ0) is 23.6. The van der Waals surface area contributed by atoms with Crippen molar-refractivity contribution in [2.75, 3.05) is 53.0 Å². The number of nitrogens with zero attached hydrogens (tertiary/aromatic N) is 3. The summed E-state index contributed by atoms with van der Waals surface area (Å²) in [5.41, 5.74) is -0.469. The molecule has 31 heavy (non-hydrogen) atoms. The SMILES string of the molecule is COC(=O)[C@@H](CO[Si](C)(C)C(C)(C)C)N1CCN(C2CN(C(=O)OC(C)(C)C)C2)CC1. The second kappa shape index (κ2) is 9.76. The van der Waals surface area contributed by atoms with Crippen molar-refractivity contribution in [3.8, 4) is 0 Å². The predicted molar refractivity (Wildman–Crippen MR) is 124 cm³/mol. The smallest absolute Gasteiger partial charge is 0.410 e. The number of esters is 1. The molecular formula is C22H43N3O5Si. The molecule has 0 aromatic carbocycles. The zero-order valence-electron chi connectivity index (χ0n) is 21.0. The van der Waals surface area contributed by atoms with Crippen LogP contribution in [0.5, 0.6) is 0 Å². The molecule has 2 rings (SSSR count). The molecule has 2 aliphatic heterocycles. The van der Waals surface area contributed by atoms with Gasteiger partial charge in [0.15, 0.2) is 8.32 Å². The monoisotopic (exact) mass is 457 g/mol. The Bertz CT molecular complexity index is 630. The average molecular weight is 458 g/mol. The molecule has 0 saturated carbocycles. The standard InChI is InChI=1S/C22H43N3O5Si/c1-21(2,3)30-20(27)25-14-17(15-25)23-10-12-24(13-11-23)18(19(26)28-7)16-29-31(8,9)22(4,5)6/h17-18H,10-16H2,1-9H3/t18-/m1/s1. The van der Waals surface area contributed by atoms with Crippen molar-refractivity contribution in [1.29, 1.82) is 0 Å². The lowest BCUT2D eigenvalue weighted by Crippen LogP contribution is -2.65. The van der Waals surface area contributed by atoms with Gasteiger partial charge in [0, 0.05) is 45.3 Å². The van der Waals surface area contributed by atoms with E-state index < -0.39 is 13.9 Å². The van der Waals surface area contributed by atoms with Crippen molar-refractivity contribution >= 4 is 20.4 Å². The van der Waals surface area contributed by atoms with Crippen molar-refractivity contribution in [3.63, 3.8) is 0 Å². The predicted octanol–water partition coefficient (Wildman–Crippen LogP) is 2.79. The largest absolute Gasteiger partial charge is 0.468 e. The minimum absolute atomic E-state index is 0.0939. The summed E-state index contributed by atoms with van der Waals surface area (Å²) in [6.07, 6.45) is -0.240. The lowest BCUT2D eigenvalue weighted by Gasteiger charge is -2.48. The van der Waals surface area contributed by atoms with Gasteiger partial charge in [0.25, 0.3) is 0 Å². The van der Waals surface area contributed by atoms with E-state index in [-0.39, 0.29) is 23.1 Å². The van der Waals surface area contributed by atoms with Crippen molar-refractivity contribution in [2.24, 2.45) is 0 Å². The molecule has 0 aromatic heterocycles. The first kappa shape index (κ1) is 26.1. The van der Waals surface area contributed by atoms with Crippen LogP contribution >= 0.6 is 0 Å². The van der Waals surface area contributed by atoms with Crippen LogP contribution in [0.3, 0.4) is 0 Å². The van der Waals surface area contributed by atoms with E-state index in [1.54, 1.807) is 4.90 Å². The second-order valence-corrected chi connectivity index (χ2v) is 16.0. The maximum absolute atomic E-state index is 12.5. The van der Waals surface area contributed by atoms with Gasteiger partial charge in [0.2, 0.25) is 0 Å². The van der Waals surface area contributed by atoms with Crippen LogP contribution < -0.4 is 0 Å². The molecule has 2 fully saturated rings. The highest BCUT2D eigenvalue weighted by Crippen LogP contribution is 2.36. The lowest BCUT2D eigenvalue weighted by molar-refractivity contribution is -0.149. The Hall–Kier alpha value is -1.16. The molecule has 8 nitrogen and oxygen atoms in total. The fraction of sp³-hybridized carbons (Fsp3) is 0.909. The Morgan fingerprint density at radius 1 is 1.00 bits per heavy atom. The molecule has 2 heterocycles. The highest BCUT2D eigenvalue weighted by Gasteiger charge is 2.41. The maximum atomic E-state index is 12.5. The summed E-state index contributed by atoms with van der Waals surface area (Å²) in [7, 11) is -0.506. The fourth-order valence-corrected chi connectivity index (χ4v) is 4.55. The third-order valence-corrected chi connectivity index (χ3v) is 11.2. The van der Waals surface area contributed by atoms with E-state index in [0.29, 0.717) is 25.7 Å². The van der Waals surface area contributed by atoms with Gasteiger partial charge < -0.3 is 18.8 Å². The minimum Gasteiger partial charge on any atom is -0.468 e. The Balaban J connectivity index is 1.85. The molecule has 0 bridgehead atoms. The Kier molecular flexibility index (Phi) is 8.22. The average Bonchev–Trinajstić information content (AvgIpc) is 2.59. The molecule has 0 unspecified atom stereocenters. The molecular weight excluding hydrogens is 414 g/mol. The molecule has 0 radical (unpaired) electrons. The normalized spacial score (nSPS) is 20.9. The molecule has 9 heteroatoms. The molecule has 2 saturated heterocycles. The van der Waals surface area contributed by atoms with Gasteiger partial charge in [-0.2, -0.15) is 0 Å². The third-order valence-electron chi connectivity index (χ3n) is 6.70. The summed E-state index contributed by atoms with van der Waals surface area (Å²) in [4.78, 5) is 31.0. The summed E-state index contributed by atoms with van der Waals surface area (Å²) in [5.74, 6) is -0.230. The van der Waals surface area contributed by atoms with E-state index in [1.165, 1.54) is 7.11 Å². The first-order valence-electron chi connectivity index (χ1n) is 11.3. The first-order valence-corrected chi connectivity index (χ1v) is 14.2. The van der Waals surface area contributed by atoms with Crippen LogP contribution in [0.15, 0.2) is 0 Å². The van der Waals surface area contributed by atoms with E-state index in [4.69, 9.17) is 13.9 Å². The number of amides is 1. The number of carbonyl (C=O) groups is 2. The quantitative estimate of drug-likeness (QED) is 0.449. The summed E-state index contributed by atoms with van der Waals surface area (Å²) < 4.78 is 16.9. The number of carbonyl (C=O) groups excluding carboxylic acids is 2. The van der Waals surface area contributed by atoms with Crippen LogP contribution in [0.25, 0.3) is 0 Å². The summed E-state index contributed by atoms with van der Waals surface area (Å²) in [6.45, 7) is 21.7. The molecule has 180 valence electrons. The molecule has 2 aliphatic rings. The number of hydrogen-bond acceptors (Lipinski definition) is 7. The fourth-order valence-electron chi connectivity index (χ4n) is 3.54. The number of methoxy groups -OCH3 is 1. The lowest BCUT2D eigenvalue weighted by atomic mass is 10.1. The Labute approximate surface area is 189 Å². The molecule has 0 aliphatic carbocycles. The van der Waals surface area contributed by atoms with Crippen molar-refractivity contribution in [1.82, 2.24) is 14.7 Å². The van der Waals surface area contributed by atoms with Crippen molar-refractivity contribution < 1.29 is 23.5 Å². The van der Waals surface area contributed by atoms with E-state index >= 15 is 0 Å². The zero-order valence-corrected chi connectivity index (χ0v) is 22.0. The summed E-state index contributed by atoms with van der Waals surface area (Å²) >= 11 is 0.